The van der Waals surface area contributed by atoms with E-state index in [1.54, 1.807) is 18.2 Å². The maximum absolute atomic E-state index is 13.7. The highest BCUT2D eigenvalue weighted by molar-refractivity contribution is 7.90. The third kappa shape index (κ3) is 4.31. The van der Waals surface area contributed by atoms with Crippen LogP contribution in [-0.2, 0) is 21.2 Å². The highest BCUT2D eigenvalue weighted by atomic mass is 32.2. The number of thiazole rings is 1. The number of aromatic amines is 1. The molecule has 3 aromatic carbocycles. The van der Waals surface area contributed by atoms with E-state index >= 15 is 0 Å². The predicted molar refractivity (Wildman–Crippen MR) is 137 cm³/mol. The summed E-state index contributed by atoms with van der Waals surface area (Å²) in [5, 5.41) is 3.20. The van der Waals surface area contributed by atoms with Gasteiger partial charge in [0.1, 0.15) is 16.9 Å². The number of carbonyl (C=O) groups excluding carboxylic acids is 1. The van der Waals surface area contributed by atoms with Gasteiger partial charge in [0.15, 0.2) is 5.13 Å². The molecule has 1 unspecified atom stereocenters. The number of benzene rings is 3. The molecule has 0 aliphatic carbocycles. The number of amides is 1. The van der Waals surface area contributed by atoms with Gasteiger partial charge in [-0.05, 0) is 47.9 Å². The SMILES string of the molecule is O=C1CC(c2ccc(C[C@H](Nc3nc4ccc(F)cc4s3)c3nc4ccccc4[nH]3)cc2)S(=O)(=O)N1. The van der Waals surface area contributed by atoms with E-state index in [9.17, 15) is 17.6 Å². The molecule has 0 saturated carbocycles. The number of carbonyl (C=O) groups is 1. The van der Waals surface area contributed by atoms with Crippen LogP contribution in [0.15, 0.2) is 66.7 Å². The molecule has 1 amide bonds. The fourth-order valence-electron chi connectivity index (χ4n) is 4.41. The van der Waals surface area contributed by atoms with Crippen molar-refractivity contribution < 1.29 is 17.6 Å². The number of hydrogen-bond donors (Lipinski definition) is 3. The van der Waals surface area contributed by atoms with Gasteiger partial charge in [-0.15, -0.1) is 0 Å². The second kappa shape index (κ2) is 8.68. The zero-order chi connectivity index (χ0) is 24.9. The van der Waals surface area contributed by atoms with E-state index < -0.39 is 21.2 Å². The molecule has 0 spiro atoms. The Morgan fingerprint density at radius 2 is 1.86 bits per heavy atom. The highest BCUT2D eigenvalue weighted by Crippen LogP contribution is 2.33. The Kier molecular flexibility index (Phi) is 5.45. The summed E-state index contributed by atoms with van der Waals surface area (Å²) in [4.78, 5) is 24.3. The van der Waals surface area contributed by atoms with Crippen molar-refractivity contribution >= 4 is 53.6 Å². The number of H-pyrrole nitrogens is 1. The van der Waals surface area contributed by atoms with E-state index in [4.69, 9.17) is 4.98 Å². The topological polar surface area (TPSA) is 117 Å². The Bertz CT molecular complexity index is 1680. The predicted octanol–water partition coefficient (Wildman–Crippen LogP) is 4.60. The highest BCUT2D eigenvalue weighted by Gasteiger charge is 2.37. The molecule has 3 N–H and O–H groups in total. The molecule has 11 heteroatoms. The van der Waals surface area contributed by atoms with Gasteiger partial charge in [-0.3, -0.25) is 9.52 Å². The van der Waals surface area contributed by atoms with Crippen molar-refractivity contribution in [3.05, 3.63) is 89.5 Å². The molecule has 1 aliphatic rings. The quantitative estimate of drug-likeness (QED) is 0.301. The van der Waals surface area contributed by atoms with Crippen molar-refractivity contribution in [1.82, 2.24) is 19.7 Å². The molecular weight excluding hydrogens is 501 g/mol. The first-order chi connectivity index (χ1) is 17.3. The summed E-state index contributed by atoms with van der Waals surface area (Å²) in [5.74, 6) is -0.0828. The smallest absolute Gasteiger partial charge is 0.242 e. The lowest BCUT2D eigenvalue weighted by Gasteiger charge is -2.17. The van der Waals surface area contributed by atoms with Gasteiger partial charge in [0.2, 0.25) is 15.9 Å². The number of sulfonamides is 1. The summed E-state index contributed by atoms with van der Waals surface area (Å²) in [6.07, 6.45) is 0.446. The van der Waals surface area contributed by atoms with Crippen LogP contribution in [0.5, 0.6) is 0 Å². The van der Waals surface area contributed by atoms with Crippen LogP contribution in [0.25, 0.3) is 21.3 Å². The van der Waals surface area contributed by atoms with Crippen LogP contribution < -0.4 is 10.0 Å². The minimum absolute atomic E-state index is 0.0803. The molecule has 2 aromatic heterocycles. The van der Waals surface area contributed by atoms with E-state index in [0.717, 1.165) is 27.1 Å². The van der Waals surface area contributed by atoms with Gasteiger partial charge in [-0.2, -0.15) is 0 Å². The average Bonchev–Trinajstić information content (AvgIpc) is 3.52. The van der Waals surface area contributed by atoms with Crippen LogP contribution in [0.2, 0.25) is 0 Å². The van der Waals surface area contributed by atoms with Crippen LogP contribution in [-0.4, -0.2) is 29.3 Å². The van der Waals surface area contributed by atoms with Gasteiger partial charge in [0, 0.05) is 0 Å². The van der Waals surface area contributed by atoms with Gasteiger partial charge in [-0.25, -0.2) is 22.8 Å². The van der Waals surface area contributed by atoms with E-state index in [1.807, 2.05) is 41.1 Å². The van der Waals surface area contributed by atoms with Crippen molar-refractivity contribution in [2.75, 3.05) is 5.32 Å². The molecule has 0 bridgehead atoms. The van der Waals surface area contributed by atoms with E-state index in [2.05, 4.69) is 15.3 Å². The molecule has 6 rings (SSSR count). The van der Waals surface area contributed by atoms with Crippen LogP contribution in [0, 0.1) is 5.82 Å². The summed E-state index contributed by atoms with van der Waals surface area (Å²) in [5.41, 5.74) is 3.96. The molecule has 36 heavy (non-hydrogen) atoms. The van der Waals surface area contributed by atoms with Crippen LogP contribution >= 0.6 is 11.3 Å². The molecule has 2 atom stereocenters. The molecular formula is C25H20FN5O3S2. The van der Waals surface area contributed by atoms with Gasteiger partial charge >= 0.3 is 0 Å². The third-order valence-corrected chi connectivity index (χ3v) is 8.83. The first-order valence-electron chi connectivity index (χ1n) is 11.2. The first-order valence-corrected chi connectivity index (χ1v) is 13.6. The Balaban J connectivity index is 1.31. The summed E-state index contributed by atoms with van der Waals surface area (Å²) < 4.78 is 40.9. The number of halogens is 1. The Labute approximate surface area is 209 Å². The van der Waals surface area contributed by atoms with Crippen molar-refractivity contribution in [1.29, 1.82) is 0 Å². The number of nitrogens with zero attached hydrogens (tertiary/aromatic N) is 2. The van der Waals surface area contributed by atoms with Crippen LogP contribution in [0.4, 0.5) is 9.52 Å². The Morgan fingerprint density at radius 3 is 2.61 bits per heavy atom. The number of nitrogens with one attached hydrogen (secondary N) is 3. The number of imidazole rings is 1. The molecule has 1 aliphatic heterocycles. The van der Waals surface area contributed by atoms with E-state index in [0.29, 0.717) is 22.6 Å². The number of rotatable bonds is 6. The van der Waals surface area contributed by atoms with E-state index in [-0.39, 0.29) is 18.3 Å². The zero-order valence-electron chi connectivity index (χ0n) is 18.7. The number of fused-ring (bicyclic) bond motifs is 2. The molecule has 1 saturated heterocycles. The third-order valence-electron chi connectivity index (χ3n) is 6.18. The van der Waals surface area contributed by atoms with Gasteiger partial charge < -0.3 is 10.3 Å². The normalized spacial score (nSPS) is 17.9. The first kappa shape index (κ1) is 22.6. The molecule has 1 fully saturated rings. The summed E-state index contributed by atoms with van der Waals surface area (Å²) >= 11 is 1.36. The lowest BCUT2D eigenvalue weighted by Crippen LogP contribution is -2.21. The Morgan fingerprint density at radius 1 is 1.06 bits per heavy atom. The minimum atomic E-state index is -3.70. The number of aromatic nitrogens is 3. The fraction of sp³-hybridized carbons (Fsp3) is 0.160. The van der Waals surface area contributed by atoms with Gasteiger partial charge in [0.25, 0.3) is 0 Å². The fourth-order valence-corrected chi connectivity index (χ4v) is 6.79. The summed E-state index contributed by atoms with van der Waals surface area (Å²) in [6.45, 7) is 0. The molecule has 5 aromatic rings. The number of para-hydroxylation sites is 2. The maximum atomic E-state index is 13.7. The molecule has 0 radical (unpaired) electrons. The van der Waals surface area contributed by atoms with Gasteiger partial charge in [-0.1, -0.05) is 47.7 Å². The monoisotopic (exact) mass is 521 g/mol. The van der Waals surface area contributed by atoms with Gasteiger partial charge in [0.05, 0.1) is 33.7 Å². The number of anilines is 1. The summed E-state index contributed by atoms with van der Waals surface area (Å²) in [6, 6.07) is 19.2. The Hall–Kier alpha value is -3.83. The molecule has 3 heterocycles. The van der Waals surface area contributed by atoms with E-state index in [1.165, 1.54) is 23.5 Å². The minimum Gasteiger partial charge on any atom is -0.351 e. The maximum Gasteiger partial charge on any atom is 0.242 e. The van der Waals surface area contributed by atoms with Crippen molar-refractivity contribution in [2.45, 2.75) is 24.1 Å². The van der Waals surface area contributed by atoms with Crippen LogP contribution in [0.3, 0.4) is 0 Å². The molecule has 182 valence electrons. The number of hydrogen-bond acceptors (Lipinski definition) is 7. The summed E-state index contributed by atoms with van der Waals surface area (Å²) in [7, 11) is -3.70. The molecule has 8 nitrogen and oxygen atoms in total. The largest absolute Gasteiger partial charge is 0.351 e. The second-order valence-corrected chi connectivity index (χ2v) is 11.6. The van der Waals surface area contributed by atoms with Crippen molar-refractivity contribution in [3.8, 4) is 0 Å². The second-order valence-electron chi connectivity index (χ2n) is 8.68. The zero-order valence-corrected chi connectivity index (χ0v) is 20.4. The van der Waals surface area contributed by atoms with Crippen molar-refractivity contribution in [2.24, 2.45) is 0 Å². The van der Waals surface area contributed by atoms with Crippen molar-refractivity contribution in [3.63, 3.8) is 0 Å². The lowest BCUT2D eigenvalue weighted by molar-refractivity contribution is -0.118. The lowest BCUT2D eigenvalue weighted by atomic mass is 10.0. The van der Waals surface area contributed by atoms with Crippen LogP contribution in [0.1, 0.15) is 34.7 Å². The average molecular weight is 522 g/mol. The standard InChI is InChI=1S/C25H20FN5O3S2/c26-16-9-10-19-21(12-16)35-25(29-19)30-20(24-27-17-3-1-2-4-18(17)28-24)11-14-5-7-15(8-6-14)22-13-23(32)31-36(22,33)34/h1-10,12,20,22H,11,13H2,(H,27,28)(H,29,30)(H,31,32)/t20-,22?/m0/s1.